The van der Waals surface area contributed by atoms with E-state index in [4.69, 9.17) is 23.1 Å². The topological polar surface area (TPSA) is 81.1 Å². The standard InChI is InChI=1S/C15H15ClFN3O/c1-8(9-2-4-10(16)5-3-9)20-14-6-11(15(19)21)13(18)7-12(14)17/h2-8,20H,18H2,1H3,(H2,19,21). The molecule has 21 heavy (non-hydrogen) atoms. The second-order valence-corrected chi connectivity index (χ2v) is 5.14. The molecular weight excluding hydrogens is 293 g/mol. The normalized spacial score (nSPS) is 12.0. The highest BCUT2D eigenvalue weighted by molar-refractivity contribution is 6.30. The number of rotatable bonds is 4. The molecule has 0 radical (unpaired) electrons. The summed E-state index contributed by atoms with van der Waals surface area (Å²) in [6, 6.07) is 9.40. The maximum Gasteiger partial charge on any atom is 0.250 e. The van der Waals surface area contributed by atoms with E-state index in [1.165, 1.54) is 6.07 Å². The fourth-order valence-corrected chi connectivity index (χ4v) is 2.11. The molecule has 0 aromatic heterocycles. The number of carbonyl (C=O) groups is 1. The predicted molar refractivity (Wildman–Crippen MR) is 82.8 cm³/mol. The summed E-state index contributed by atoms with van der Waals surface area (Å²) < 4.78 is 13.9. The van der Waals surface area contributed by atoms with Crippen molar-refractivity contribution < 1.29 is 9.18 Å². The molecule has 5 N–H and O–H groups in total. The molecule has 0 aliphatic carbocycles. The van der Waals surface area contributed by atoms with Gasteiger partial charge in [-0.05, 0) is 36.8 Å². The highest BCUT2D eigenvalue weighted by Gasteiger charge is 2.14. The fourth-order valence-electron chi connectivity index (χ4n) is 1.98. The lowest BCUT2D eigenvalue weighted by Crippen LogP contribution is -2.15. The van der Waals surface area contributed by atoms with E-state index in [1.807, 2.05) is 19.1 Å². The van der Waals surface area contributed by atoms with Crippen molar-refractivity contribution in [2.75, 3.05) is 11.1 Å². The molecule has 2 aromatic rings. The number of anilines is 2. The highest BCUT2D eigenvalue weighted by Crippen LogP contribution is 2.26. The lowest BCUT2D eigenvalue weighted by Gasteiger charge is -2.17. The van der Waals surface area contributed by atoms with Gasteiger partial charge in [-0.1, -0.05) is 23.7 Å². The first kappa shape index (κ1) is 15.1. The van der Waals surface area contributed by atoms with Crippen molar-refractivity contribution >= 4 is 28.9 Å². The van der Waals surface area contributed by atoms with Crippen molar-refractivity contribution in [1.29, 1.82) is 0 Å². The van der Waals surface area contributed by atoms with E-state index in [0.717, 1.165) is 11.6 Å². The third-order valence-corrected chi connectivity index (χ3v) is 3.40. The summed E-state index contributed by atoms with van der Waals surface area (Å²) in [6.07, 6.45) is 0. The zero-order valence-electron chi connectivity index (χ0n) is 11.4. The molecule has 2 aromatic carbocycles. The summed E-state index contributed by atoms with van der Waals surface area (Å²) in [6.45, 7) is 1.86. The van der Waals surface area contributed by atoms with Crippen LogP contribution in [0.15, 0.2) is 36.4 Å². The summed E-state index contributed by atoms with van der Waals surface area (Å²) in [5, 5.41) is 3.61. The van der Waals surface area contributed by atoms with Gasteiger partial charge in [-0.25, -0.2) is 4.39 Å². The van der Waals surface area contributed by atoms with Gasteiger partial charge in [-0.3, -0.25) is 4.79 Å². The van der Waals surface area contributed by atoms with E-state index in [0.29, 0.717) is 5.02 Å². The number of carbonyl (C=O) groups excluding carboxylic acids is 1. The Labute approximate surface area is 126 Å². The number of benzene rings is 2. The Bertz CT molecular complexity index is 673. The second-order valence-electron chi connectivity index (χ2n) is 4.70. The van der Waals surface area contributed by atoms with Gasteiger partial charge in [0.1, 0.15) is 5.82 Å². The summed E-state index contributed by atoms with van der Waals surface area (Å²) in [5.41, 5.74) is 12.0. The van der Waals surface area contributed by atoms with Crippen molar-refractivity contribution in [1.82, 2.24) is 0 Å². The van der Waals surface area contributed by atoms with Crippen molar-refractivity contribution in [3.05, 3.63) is 58.4 Å². The number of hydrogen-bond acceptors (Lipinski definition) is 3. The molecule has 110 valence electrons. The Balaban J connectivity index is 2.28. The van der Waals surface area contributed by atoms with Gasteiger partial charge in [0.15, 0.2) is 0 Å². The molecule has 4 nitrogen and oxygen atoms in total. The predicted octanol–water partition coefficient (Wildman–Crippen LogP) is 3.33. The summed E-state index contributed by atoms with van der Waals surface area (Å²) >= 11 is 5.83. The van der Waals surface area contributed by atoms with Gasteiger partial charge in [0.2, 0.25) is 0 Å². The monoisotopic (exact) mass is 307 g/mol. The van der Waals surface area contributed by atoms with Crippen LogP contribution in [0, 0.1) is 5.82 Å². The molecule has 0 spiro atoms. The molecule has 1 amide bonds. The van der Waals surface area contributed by atoms with E-state index in [1.54, 1.807) is 12.1 Å². The minimum Gasteiger partial charge on any atom is -0.398 e. The lowest BCUT2D eigenvalue weighted by atomic mass is 10.1. The Morgan fingerprint density at radius 2 is 1.90 bits per heavy atom. The molecular formula is C15H15ClFN3O. The van der Waals surface area contributed by atoms with Crippen LogP contribution < -0.4 is 16.8 Å². The first-order chi connectivity index (χ1) is 9.88. The number of halogens is 2. The maximum absolute atomic E-state index is 13.9. The maximum atomic E-state index is 13.9. The third-order valence-electron chi connectivity index (χ3n) is 3.15. The zero-order chi connectivity index (χ0) is 15.6. The molecule has 1 atom stereocenters. The molecule has 0 saturated carbocycles. The van der Waals surface area contributed by atoms with Crippen LogP contribution in [-0.4, -0.2) is 5.91 Å². The molecule has 0 fully saturated rings. The van der Waals surface area contributed by atoms with Crippen LogP contribution >= 0.6 is 11.6 Å². The summed E-state index contributed by atoms with van der Waals surface area (Å²) in [4.78, 5) is 11.3. The Morgan fingerprint density at radius 1 is 1.29 bits per heavy atom. The van der Waals surface area contributed by atoms with E-state index in [-0.39, 0.29) is 23.0 Å². The minimum absolute atomic E-state index is 0.0182. The third kappa shape index (κ3) is 3.44. The van der Waals surface area contributed by atoms with Crippen LogP contribution in [0.4, 0.5) is 15.8 Å². The number of nitrogen functional groups attached to an aromatic ring is 1. The van der Waals surface area contributed by atoms with Gasteiger partial charge in [0.05, 0.1) is 11.3 Å². The van der Waals surface area contributed by atoms with E-state index in [9.17, 15) is 9.18 Å². The fraction of sp³-hybridized carbons (Fsp3) is 0.133. The van der Waals surface area contributed by atoms with Gasteiger partial charge in [-0.15, -0.1) is 0 Å². The highest BCUT2D eigenvalue weighted by atomic mass is 35.5. The SMILES string of the molecule is CC(Nc1cc(C(N)=O)c(N)cc1F)c1ccc(Cl)cc1. The van der Waals surface area contributed by atoms with Crippen LogP contribution in [0.2, 0.25) is 5.02 Å². The lowest BCUT2D eigenvalue weighted by molar-refractivity contribution is 0.100. The van der Waals surface area contributed by atoms with Gasteiger partial charge < -0.3 is 16.8 Å². The zero-order valence-corrected chi connectivity index (χ0v) is 12.1. The first-order valence-corrected chi connectivity index (χ1v) is 6.67. The number of nitrogens with two attached hydrogens (primary N) is 2. The molecule has 0 saturated heterocycles. The molecule has 0 heterocycles. The number of nitrogens with one attached hydrogen (secondary N) is 1. The smallest absolute Gasteiger partial charge is 0.250 e. The van der Waals surface area contributed by atoms with E-state index >= 15 is 0 Å². The van der Waals surface area contributed by atoms with Gasteiger partial charge in [0, 0.05) is 16.8 Å². The molecule has 6 heteroatoms. The van der Waals surface area contributed by atoms with E-state index in [2.05, 4.69) is 5.32 Å². The molecule has 0 aliphatic heterocycles. The first-order valence-electron chi connectivity index (χ1n) is 6.29. The summed E-state index contributed by atoms with van der Waals surface area (Å²) in [5.74, 6) is -1.24. The van der Waals surface area contributed by atoms with E-state index < -0.39 is 11.7 Å². The van der Waals surface area contributed by atoms with Gasteiger partial charge in [-0.2, -0.15) is 0 Å². The van der Waals surface area contributed by atoms with Crippen molar-refractivity contribution in [3.8, 4) is 0 Å². The second kappa shape index (κ2) is 6.01. The molecule has 2 rings (SSSR count). The molecule has 0 aliphatic rings. The largest absolute Gasteiger partial charge is 0.398 e. The molecule has 1 unspecified atom stereocenters. The van der Waals surface area contributed by atoms with Crippen LogP contribution in [0.25, 0.3) is 0 Å². The van der Waals surface area contributed by atoms with Crippen LogP contribution in [0.1, 0.15) is 28.9 Å². The number of amides is 1. The quantitative estimate of drug-likeness (QED) is 0.758. The van der Waals surface area contributed by atoms with Crippen LogP contribution in [0.3, 0.4) is 0 Å². The number of primary amides is 1. The van der Waals surface area contributed by atoms with Crippen molar-refractivity contribution in [2.45, 2.75) is 13.0 Å². The van der Waals surface area contributed by atoms with Crippen molar-refractivity contribution in [2.24, 2.45) is 5.73 Å². The average Bonchev–Trinajstić information content (AvgIpc) is 2.42. The Morgan fingerprint density at radius 3 is 2.48 bits per heavy atom. The van der Waals surface area contributed by atoms with Gasteiger partial charge >= 0.3 is 0 Å². The Kier molecular flexibility index (Phi) is 4.33. The average molecular weight is 308 g/mol. The molecule has 0 bridgehead atoms. The van der Waals surface area contributed by atoms with Crippen molar-refractivity contribution in [3.63, 3.8) is 0 Å². The van der Waals surface area contributed by atoms with Gasteiger partial charge in [0.25, 0.3) is 5.91 Å². The Hall–Kier alpha value is -2.27. The van der Waals surface area contributed by atoms with Crippen LogP contribution in [-0.2, 0) is 0 Å². The number of hydrogen-bond donors (Lipinski definition) is 3. The summed E-state index contributed by atoms with van der Waals surface area (Å²) in [7, 11) is 0. The minimum atomic E-state index is -0.699. The van der Waals surface area contributed by atoms with Crippen LogP contribution in [0.5, 0.6) is 0 Å².